The summed E-state index contributed by atoms with van der Waals surface area (Å²) >= 11 is 5.88. The fourth-order valence-corrected chi connectivity index (χ4v) is 2.76. The number of hydrogen-bond acceptors (Lipinski definition) is 4. The summed E-state index contributed by atoms with van der Waals surface area (Å²) in [7, 11) is 0. The predicted octanol–water partition coefficient (Wildman–Crippen LogP) is 3.73. The molecule has 0 spiro atoms. The zero-order chi connectivity index (χ0) is 15.0. The second-order valence-corrected chi connectivity index (χ2v) is 5.70. The SMILES string of the molecule is Br.CC1(Oc2ccc(Cl)cc2)NCCc2cc(O)c(O)cc21. The van der Waals surface area contributed by atoms with E-state index in [1.54, 1.807) is 36.4 Å². The fourth-order valence-electron chi connectivity index (χ4n) is 2.63. The molecule has 4 nitrogen and oxygen atoms in total. The summed E-state index contributed by atoms with van der Waals surface area (Å²) in [5.41, 5.74) is 1.01. The standard InChI is InChI=1S/C16H16ClNO3.BrH/c1-16(21-12-4-2-11(17)3-5-12)13-9-15(20)14(19)8-10(13)6-7-18-16;/h2-5,8-9,18-20H,6-7H2,1H3;1H. The Morgan fingerprint density at radius 3 is 2.45 bits per heavy atom. The van der Waals surface area contributed by atoms with Crippen LogP contribution in [0.1, 0.15) is 18.1 Å². The summed E-state index contributed by atoms with van der Waals surface area (Å²) in [6.45, 7) is 2.62. The average Bonchev–Trinajstić information content (AvgIpc) is 2.44. The highest BCUT2D eigenvalue weighted by atomic mass is 79.9. The zero-order valence-electron chi connectivity index (χ0n) is 12.0. The van der Waals surface area contributed by atoms with Gasteiger partial charge in [0, 0.05) is 17.1 Å². The van der Waals surface area contributed by atoms with E-state index in [-0.39, 0.29) is 28.5 Å². The Morgan fingerprint density at radius 2 is 1.77 bits per heavy atom. The molecule has 0 fully saturated rings. The van der Waals surface area contributed by atoms with Crippen LogP contribution in [0.25, 0.3) is 0 Å². The first-order valence-electron chi connectivity index (χ1n) is 6.73. The second-order valence-electron chi connectivity index (χ2n) is 5.26. The van der Waals surface area contributed by atoms with Crippen LogP contribution in [0.2, 0.25) is 5.02 Å². The van der Waals surface area contributed by atoms with Gasteiger partial charge in [0.15, 0.2) is 17.2 Å². The molecule has 3 N–H and O–H groups in total. The molecule has 1 heterocycles. The lowest BCUT2D eigenvalue weighted by atomic mass is 9.91. The van der Waals surface area contributed by atoms with Crippen molar-refractivity contribution in [3.8, 4) is 17.2 Å². The molecule has 0 aromatic heterocycles. The molecule has 0 saturated carbocycles. The van der Waals surface area contributed by atoms with Crippen LogP contribution in [-0.4, -0.2) is 16.8 Å². The van der Waals surface area contributed by atoms with Crippen molar-refractivity contribution >= 4 is 28.6 Å². The summed E-state index contributed by atoms with van der Waals surface area (Å²) in [6.07, 6.45) is 0.767. The van der Waals surface area contributed by atoms with E-state index in [1.807, 2.05) is 6.92 Å². The monoisotopic (exact) mass is 385 g/mol. The van der Waals surface area contributed by atoms with E-state index in [0.717, 1.165) is 24.1 Å². The van der Waals surface area contributed by atoms with E-state index in [4.69, 9.17) is 16.3 Å². The maximum atomic E-state index is 9.76. The molecule has 0 radical (unpaired) electrons. The van der Waals surface area contributed by atoms with Gasteiger partial charge in [0.25, 0.3) is 0 Å². The van der Waals surface area contributed by atoms with Gasteiger partial charge in [0.1, 0.15) is 5.75 Å². The molecule has 0 bridgehead atoms. The Labute approximate surface area is 144 Å². The third kappa shape index (κ3) is 3.16. The summed E-state index contributed by atoms with van der Waals surface area (Å²) in [5.74, 6) is 0.419. The minimum absolute atomic E-state index is 0. The number of phenolic OH excluding ortho intramolecular Hbond substituents is 2. The number of nitrogens with one attached hydrogen (secondary N) is 1. The number of phenols is 2. The maximum absolute atomic E-state index is 9.76. The lowest BCUT2D eigenvalue weighted by Crippen LogP contribution is -2.49. The van der Waals surface area contributed by atoms with Gasteiger partial charge in [-0.2, -0.15) is 0 Å². The number of rotatable bonds is 2. The first kappa shape index (κ1) is 16.9. The van der Waals surface area contributed by atoms with Gasteiger partial charge >= 0.3 is 0 Å². The summed E-state index contributed by atoms with van der Waals surface area (Å²) in [4.78, 5) is 0. The third-order valence-corrected chi connectivity index (χ3v) is 3.96. The molecule has 0 amide bonds. The molecule has 1 atom stereocenters. The van der Waals surface area contributed by atoms with Crippen LogP contribution < -0.4 is 10.1 Å². The molecule has 118 valence electrons. The molecule has 0 aliphatic carbocycles. The van der Waals surface area contributed by atoms with E-state index in [9.17, 15) is 10.2 Å². The Hall–Kier alpha value is -1.43. The van der Waals surface area contributed by atoms with Gasteiger partial charge in [-0.1, -0.05) is 11.6 Å². The first-order chi connectivity index (χ1) is 9.98. The number of hydrogen-bond donors (Lipinski definition) is 3. The van der Waals surface area contributed by atoms with Crippen molar-refractivity contribution in [3.05, 3.63) is 52.5 Å². The Kier molecular flexibility index (Phi) is 4.90. The van der Waals surface area contributed by atoms with Crippen LogP contribution in [-0.2, 0) is 12.1 Å². The number of benzene rings is 2. The van der Waals surface area contributed by atoms with Crippen LogP contribution >= 0.6 is 28.6 Å². The number of aromatic hydroxyl groups is 2. The molecule has 22 heavy (non-hydrogen) atoms. The Bertz CT molecular complexity index is 678. The van der Waals surface area contributed by atoms with Crippen LogP contribution in [0.4, 0.5) is 0 Å². The lowest BCUT2D eigenvalue weighted by molar-refractivity contribution is 0.0417. The van der Waals surface area contributed by atoms with Crippen molar-refractivity contribution in [2.75, 3.05) is 6.54 Å². The fraction of sp³-hybridized carbons (Fsp3) is 0.250. The van der Waals surface area contributed by atoms with Crippen molar-refractivity contribution < 1.29 is 14.9 Å². The smallest absolute Gasteiger partial charge is 0.184 e. The molecule has 3 rings (SSSR count). The molecule has 1 aliphatic rings. The van der Waals surface area contributed by atoms with Gasteiger partial charge < -0.3 is 14.9 Å². The second kappa shape index (κ2) is 6.36. The highest BCUT2D eigenvalue weighted by Gasteiger charge is 2.34. The van der Waals surface area contributed by atoms with E-state index < -0.39 is 5.72 Å². The molecule has 1 unspecified atom stereocenters. The van der Waals surface area contributed by atoms with Crippen LogP contribution in [0.5, 0.6) is 17.2 Å². The van der Waals surface area contributed by atoms with E-state index in [1.165, 1.54) is 0 Å². The van der Waals surface area contributed by atoms with Gasteiger partial charge in [0.05, 0.1) is 0 Å². The topological polar surface area (TPSA) is 61.7 Å². The largest absolute Gasteiger partial charge is 0.504 e. The van der Waals surface area contributed by atoms with Crippen LogP contribution in [0.3, 0.4) is 0 Å². The molecular weight excluding hydrogens is 370 g/mol. The van der Waals surface area contributed by atoms with E-state index in [0.29, 0.717) is 10.8 Å². The number of halogens is 2. The van der Waals surface area contributed by atoms with E-state index >= 15 is 0 Å². The van der Waals surface area contributed by atoms with Crippen molar-refractivity contribution in [1.82, 2.24) is 5.32 Å². The van der Waals surface area contributed by atoms with Gasteiger partial charge in [-0.05, 0) is 55.3 Å². The highest BCUT2D eigenvalue weighted by molar-refractivity contribution is 8.93. The first-order valence-corrected chi connectivity index (χ1v) is 7.11. The molecule has 2 aromatic carbocycles. The predicted molar refractivity (Wildman–Crippen MR) is 91.2 cm³/mol. The van der Waals surface area contributed by atoms with Crippen LogP contribution in [0.15, 0.2) is 36.4 Å². The van der Waals surface area contributed by atoms with Gasteiger partial charge in [-0.15, -0.1) is 17.0 Å². The minimum Gasteiger partial charge on any atom is -0.504 e. The summed E-state index contributed by atoms with van der Waals surface area (Å²) in [5, 5.41) is 23.4. The number of fused-ring (bicyclic) bond motifs is 1. The maximum Gasteiger partial charge on any atom is 0.184 e. The van der Waals surface area contributed by atoms with Gasteiger partial charge in [-0.25, -0.2) is 0 Å². The van der Waals surface area contributed by atoms with Crippen LogP contribution in [0, 0.1) is 0 Å². The van der Waals surface area contributed by atoms with E-state index in [2.05, 4.69) is 5.32 Å². The Balaban J connectivity index is 0.00000176. The van der Waals surface area contributed by atoms with Crippen molar-refractivity contribution in [2.45, 2.75) is 19.1 Å². The zero-order valence-corrected chi connectivity index (χ0v) is 14.4. The molecule has 1 aliphatic heterocycles. The van der Waals surface area contributed by atoms with Gasteiger partial charge in [-0.3, -0.25) is 5.32 Å². The molecular formula is C16H17BrClNO3. The normalized spacial score (nSPS) is 19.9. The molecule has 6 heteroatoms. The third-order valence-electron chi connectivity index (χ3n) is 3.71. The van der Waals surface area contributed by atoms with Crippen molar-refractivity contribution in [3.63, 3.8) is 0 Å². The van der Waals surface area contributed by atoms with Crippen molar-refractivity contribution in [1.29, 1.82) is 0 Å². The minimum atomic E-state index is -0.771. The van der Waals surface area contributed by atoms with Gasteiger partial charge in [0.2, 0.25) is 0 Å². The molecule has 2 aromatic rings. The quantitative estimate of drug-likeness (QED) is 0.688. The summed E-state index contributed by atoms with van der Waals surface area (Å²) < 4.78 is 6.06. The summed E-state index contributed by atoms with van der Waals surface area (Å²) in [6, 6.07) is 10.3. The number of ether oxygens (including phenoxy) is 1. The van der Waals surface area contributed by atoms with Crippen molar-refractivity contribution in [2.24, 2.45) is 0 Å². The Morgan fingerprint density at radius 1 is 1.14 bits per heavy atom. The average molecular weight is 387 g/mol. The highest BCUT2D eigenvalue weighted by Crippen LogP contribution is 2.37. The molecule has 0 saturated heterocycles. The lowest BCUT2D eigenvalue weighted by Gasteiger charge is -2.37.